The van der Waals surface area contributed by atoms with E-state index in [2.05, 4.69) is 5.32 Å². The van der Waals surface area contributed by atoms with Gasteiger partial charge < -0.3 is 15.5 Å². The third kappa shape index (κ3) is 5.04. The van der Waals surface area contributed by atoms with Crippen molar-refractivity contribution in [3.8, 4) is 0 Å². The van der Waals surface area contributed by atoms with Crippen molar-refractivity contribution in [3.05, 3.63) is 65.2 Å². The molecule has 0 aliphatic rings. The summed E-state index contributed by atoms with van der Waals surface area (Å²) in [7, 11) is 0. The molecule has 0 saturated carbocycles. The highest BCUT2D eigenvalue weighted by atomic mass is 35.5. The molecule has 0 unspecified atom stereocenters. The van der Waals surface area contributed by atoms with Crippen molar-refractivity contribution in [1.29, 1.82) is 0 Å². The summed E-state index contributed by atoms with van der Waals surface area (Å²) < 4.78 is 0. The van der Waals surface area contributed by atoms with Crippen LogP contribution in [0, 0.1) is 0 Å². The molecule has 5 nitrogen and oxygen atoms in total. The number of anilines is 1. The van der Waals surface area contributed by atoms with Crippen LogP contribution in [-0.2, 0) is 4.79 Å². The van der Waals surface area contributed by atoms with Crippen LogP contribution in [-0.4, -0.2) is 47.3 Å². The number of nitrogens with zero attached hydrogens (tertiary/aromatic N) is 1. The number of hydrogen-bond donors (Lipinski definition) is 3. The molecule has 6 heteroatoms. The number of amides is 1. The fourth-order valence-corrected chi connectivity index (χ4v) is 2.66. The number of carbonyl (C=O) groups is 1. The summed E-state index contributed by atoms with van der Waals surface area (Å²) in [5.74, 6) is -0.231. The molecule has 0 fully saturated rings. The predicted octanol–water partition coefficient (Wildman–Crippen LogP) is 2.31. The minimum Gasteiger partial charge on any atom is -0.395 e. The van der Waals surface area contributed by atoms with E-state index in [0.717, 1.165) is 5.56 Å². The third-order valence-electron chi connectivity index (χ3n) is 3.61. The van der Waals surface area contributed by atoms with Crippen LogP contribution in [0.3, 0.4) is 0 Å². The molecule has 128 valence electrons. The maximum atomic E-state index is 12.8. The highest BCUT2D eigenvalue weighted by Crippen LogP contribution is 2.23. The Labute approximate surface area is 146 Å². The van der Waals surface area contributed by atoms with E-state index >= 15 is 0 Å². The summed E-state index contributed by atoms with van der Waals surface area (Å²) in [6.07, 6.45) is 0. The molecular formula is C18H21ClN2O3. The molecule has 0 bridgehead atoms. The molecule has 0 aromatic heterocycles. The van der Waals surface area contributed by atoms with Crippen LogP contribution in [0.15, 0.2) is 54.6 Å². The van der Waals surface area contributed by atoms with Crippen molar-refractivity contribution in [3.63, 3.8) is 0 Å². The normalized spacial score (nSPS) is 12.2. The highest BCUT2D eigenvalue weighted by Gasteiger charge is 2.27. The van der Waals surface area contributed by atoms with Gasteiger partial charge in [0, 0.05) is 23.8 Å². The van der Waals surface area contributed by atoms with Gasteiger partial charge in [-0.15, -0.1) is 0 Å². The summed E-state index contributed by atoms with van der Waals surface area (Å²) in [5, 5.41) is 22.0. The largest absolute Gasteiger partial charge is 0.395 e. The van der Waals surface area contributed by atoms with Gasteiger partial charge in [-0.25, -0.2) is 0 Å². The minimum atomic E-state index is -0.610. The van der Waals surface area contributed by atoms with E-state index in [1.165, 1.54) is 0 Å². The maximum absolute atomic E-state index is 12.8. The van der Waals surface area contributed by atoms with Gasteiger partial charge in [0.2, 0.25) is 5.91 Å². The number of halogens is 1. The standard InChI is InChI=1S/C18H21ClN2O3/c19-15-6-8-16(9-7-15)20-18(24)17(14-4-2-1-3-5-14)21(10-12-22)11-13-23/h1-9,17,22-23H,10-13H2,(H,20,24)/t17-/m1/s1. The van der Waals surface area contributed by atoms with Crippen molar-refractivity contribution >= 4 is 23.2 Å². The topological polar surface area (TPSA) is 72.8 Å². The zero-order valence-corrected chi connectivity index (χ0v) is 14.0. The quantitative estimate of drug-likeness (QED) is 0.684. The maximum Gasteiger partial charge on any atom is 0.246 e. The highest BCUT2D eigenvalue weighted by molar-refractivity contribution is 6.30. The van der Waals surface area contributed by atoms with Crippen LogP contribution >= 0.6 is 11.6 Å². The van der Waals surface area contributed by atoms with Crippen molar-refractivity contribution in [2.75, 3.05) is 31.6 Å². The first kappa shape index (κ1) is 18.4. The van der Waals surface area contributed by atoms with Crippen LogP contribution < -0.4 is 5.32 Å². The van der Waals surface area contributed by atoms with Crippen molar-refractivity contribution in [1.82, 2.24) is 4.90 Å². The lowest BCUT2D eigenvalue weighted by atomic mass is 10.0. The molecule has 0 spiro atoms. The summed E-state index contributed by atoms with van der Waals surface area (Å²) in [4.78, 5) is 14.6. The van der Waals surface area contributed by atoms with E-state index in [1.54, 1.807) is 29.2 Å². The Hall–Kier alpha value is -1.92. The minimum absolute atomic E-state index is 0.0996. The molecule has 0 aliphatic heterocycles. The van der Waals surface area contributed by atoms with Gasteiger partial charge in [0.1, 0.15) is 6.04 Å². The summed E-state index contributed by atoms with van der Waals surface area (Å²) in [6.45, 7) is 0.372. The molecule has 2 aromatic carbocycles. The lowest BCUT2D eigenvalue weighted by Crippen LogP contribution is -2.40. The van der Waals surface area contributed by atoms with E-state index in [9.17, 15) is 15.0 Å². The first-order valence-corrected chi connectivity index (χ1v) is 8.10. The van der Waals surface area contributed by atoms with Gasteiger partial charge in [0.05, 0.1) is 13.2 Å². The molecule has 3 N–H and O–H groups in total. The van der Waals surface area contributed by atoms with Crippen molar-refractivity contribution < 1.29 is 15.0 Å². The molecule has 1 amide bonds. The molecule has 1 atom stereocenters. The van der Waals surface area contributed by atoms with Gasteiger partial charge in [0.15, 0.2) is 0 Å². The van der Waals surface area contributed by atoms with E-state index in [-0.39, 0.29) is 32.2 Å². The Morgan fingerprint density at radius 1 is 1.00 bits per heavy atom. The Bertz CT molecular complexity index is 628. The second-order valence-corrected chi connectivity index (χ2v) is 5.73. The van der Waals surface area contributed by atoms with Crippen LogP contribution in [0.2, 0.25) is 5.02 Å². The Morgan fingerprint density at radius 2 is 1.58 bits per heavy atom. The van der Waals surface area contributed by atoms with Gasteiger partial charge in [0.25, 0.3) is 0 Å². The number of rotatable bonds is 8. The average molecular weight is 349 g/mol. The third-order valence-corrected chi connectivity index (χ3v) is 3.87. The van der Waals surface area contributed by atoms with E-state index in [4.69, 9.17) is 11.6 Å². The van der Waals surface area contributed by atoms with Crippen molar-refractivity contribution in [2.24, 2.45) is 0 Å². The number of aliphatic hydroxyl groups excluding tert-OH is 2. The van der Waals surface area contributed by atoms with Crippen LogP contribution in [0.4, 0.5) is 5.69 Å². The van der Waals surface area contributed by atoms with E-state index in [0.29, 0.717) is 10.7 Å². The molecule has 0 radical (unpaired) electrons. The zero-order valence-electron chi connectivity index (χ0n) is 13.2. The fourth-order valence-electron chi connectivity index (χ4n) is 2.53. The van der Waals surface area contributed by atoms with Crippen molar-refractivity contribution in [2.45, 2.75) is 6.04 Å². The Morgan fingerprint density at radius 3 is 2.12 bits per heavy atom. The van der Waals surface area contributed by atoms with Gasteiger partial charge in [-0.05, 0) is 29.8 Å². The Kier molecular flexibility index (Phi) is 7.21. The number of nitrogens with one attached hydrogen (secondary N) is 1. The van der Waals surface area contributed by atoms with E-state index < -0.39 is 6.04 Å². The smallest absolute Gasteiger partial charge is 0.246 e. The summed E-state index contributed by atoms with van der Waals surface area (Å²) in [5.41, 5.74) is 1.43. The van der Waals surface area contributed by atoms with Crippen LogP contribution in [0.5, 0.6) is 0 Å². The predicted molar refractivity (Wildman–Crippen MR) is 95.0 cm³/mol. The summed E-state index contributed by atoms with van der Waals surface area (Å²) in [6, 6.07) is 15.5. The Balaban J connectivity index is 2.26. The lowest BCUT2D eigenvalue weighted by molar-refractivity contribution is -0.121. The number of aliphatic hydroxyl groups is 2. The second-order valence-electron chi connectivity index (χ2n) is 5.29. The average Bonchev–Trinajstić information content (AvgIpc) is 2.58. The monoisotopic (exact) mass is 348 g/mol. The zero-order chi connectivity index (χ0) is 17.4. The molecule has 0 heterocycles. The summed E-state index contributed by atoms with van der Waals surface area (Å²) >= 11 is 5.86. The molecule has 24 heavy (non-hydrogen) atoms. The van der Waals surface area contributed by atoms with Crippen LogP contribution in [0.25, 0.3) is 0 Å². The molecule has 2 rings (SSSR count). The number of hydrogen-bond acceptors (Lipinski definition) is 4. The molecule has 2 aromatic rings. The molecule has 0 saturated heterocycles. The molecular weight excluding hydrogens is 328 g/mol. The van der Waals surface area contributed by atoms with Gasteiger partial charge in [-0.3, -0.25) is 9.69 Å². The first-order valence-electron chi connectivity index (χ1n) is 7.73. The first-order chi connectivity index (χ1) is 11.7. The van der Waals surface area contributed by atoms with E-state index in [1.807, 2.05) is 30.3 Å². The van der Waals surface area contributed by atoms with Crippen LogP contribution in [0.1, 0.15) is 11.6 Å². The second kappa shape index (κ2) is 9.39. The van der Waals surface area contributed by atoms with Gasteiger partial charge in [-0.1, -0.05) is 41.9 Å². The number of carbonyl (C=O) groups excluding carboxylic acids is 1. The molecule has 0 aliphatic carbocycles. The lowest BCUT2D eigenvalue weighted by Gasteiger charge is -2.30. The SMILES string of the molecule is O=C(Nc1ccc(Cl)cc1)[C@@H](c1ccccc1)N(CCO)CCO. The van der Waals surface area contributed by atoms with Gasteiger partial charge in [-0.2, -0.15) is 0 Å². The number of benzene rings is 2. The fraction of sp³-hybridized carbons (Fsp3) is 0.278. The van der Waals surface area contributed by atoms with Gasteiger partial charge >= 0.3 is 0 Å².